The van der Waals surface area contributed by atoms with Gasteiger partial charge in [-0.2, -0.15) is 0 Å². The van der Waals surface area contributed by atoms with Crippen molar-refractivity contribution in [1.29, 1.82) is 0 Å². The largest absolute Gasteiger partial charge is 0.335 e. The van der Waals surface area contributed by atoms with Crippen molar-refractivity contribution in [1.82, 2.24) is 9.55 Å². The van der Waals surface area contributed by atoms with Gasteiger partial charge in [-0.1, -0.05) is 0 Å². The fourth-order valence-corrected chi connectivity index (χ4v) is 1.57. The van der Waals surface area contributed by atoms with Gasteiger partial charge in [0.15, 0.2) is 4.77 Å². The minimum Gasteiger partial charge on any atom is -0.335 e. The van der Waals surface area contributed by atoms with Gasteiger partial charge in [-0.25, -0.2) is 0 Å². The second-order valence-corrected chi connectivity index (χ2v) is 3.32. The highest BCUT2D eigenvalue weighted by Crippen LogP contribution is 2.06. The first-order valence-corrected chi connectivity index (χ1v) is 4.53. The van der Waals surface area contributed by atoms with Gasteiger partial charge in [-0.05, 0) is 39.0 Å². The van der Waals surface area contributed by atoms with Crippen LogP contribution in [0, 0.1) is 18.6 Å². The van der Waals surface area contributed by atoms with Crippen LogP contribution < -0.4 is 5.73 Å². The average molecular weight is 185 g/mol. The smallest absolute Gasteiger partial charge is 0.177 e. The summed E-state index contributed by atoms with van der Waals surface area (Å²) in [5, 5.41) is 0. The van der Waals surface area contributed by atoms with Crippen LogP contribution >= 0.6 is 12.2 Å². The highest BCUT2D eigenvalue weighted by molar-refractivity contribution is 7.71. The van der Waals surface area contributed by atoms with Crippen LogP contribution in [-0.2, 0) is 6.54 Å². The summed E-state index contributed by atoms with van der Waals surface area (Å²) in [6.45, 7) is 5.74. The molecule has 0 fully saturated rings. The van der Waals surface area contributed by atoms with E-state index in [-0.39, 0.29) is 0 Å². The molecule has 4 heteroatoms. The molecule has 1 aromatic rings. The van der Waals surface area contributed by atoms with Crippen molar-refractivity contribution in [3.05, 3.63) is 16.2 Å². The Morgan fingerprint density at radius 1 is 1.50 bits per heavy atom. The number of aryl methyl sites for hydroxylation is 1. The van der Waals surface area contributed by atoms with Gasteiger partial charge >= 0.3 is 0 Å². The van der Waals surface area contributed by atoms with Gasteiger partial charge in [0.1, 0.15) is 0 Å². The first kappa shape index (κ1) is 9.48. The van der Waals surface area contributed by atoms with Crippen LogP contribution in [0.3, 0.4) is 0 Å². The van der Waals surface area contributed by atoms with Crippen LogP contribution in [0.15, 0.2) is 0 Å². The molecule has 1 aromatic heterocycles. The van der Waals surface area contributed by atoms with Crippen molar-refractivity contribution < 1.29 is 0 Å². The highest BCUT2D eigenvalue weighted by Gasteiger charge is 2.01. The Morgan fingerprint density at radius 2 is 2.17 bits per heavy atom. The number of nitrogens with two attached hydrogens (primary N) is 1. The van der Waals surface area contributed by atoms with Gasteiger partial charge in [0.2, 0.25) is 0 Å². The number of H-pyrrole nitrogens is 1. The number of aromatic nitrogens is 2. The van der Waals surface area contributed by atoms with Gasteiger partial charge in [-0.3, -0.25) is 0 Å². The molecule has 0 aliphatic carbocycles. The molecule has 0 aliphatic rings. The maximum Gasteiger partial charge on any atom is 0.177 e. The zero-order valence-corrected chi connectivity index (χ0v) is 8.37. The molecule has 0 saturated carbocycles. The second kappa shape index (κ2) is 3.87. The molecule has 3 N–H and O–H groups in total. The van der Waals surface area contributed by atoms with E-state index >= 15 is 0 Å². The summed E-state index contributed by atoms with van der Waals surface area (Å²) in [5.74, 6) is 0. The molecular formula is C8H15N3S. The lowest BCUT2D eigenvalue weighted by Crippen LogP contribution is -2.07. The van der Waals surface area contributed by atoms with Gasteiger partial charge in [0.25, 0.3) is 0 Å². The van der Waals surface area contributed by atoms with Crippen LogP contribution in [0.1, 0.15) is 17.8 Å². The van der Waals surface area contributed by atoms with Crippen molar-refractivity contribution in [2.45, 2.75) is 26.8 Å². The Balaban J connectivity index is 2.90. The molecule has 0 aromatic carbocycles. The van der Waals surface area contributed by atoms with Gasteiger partial charge in [-0.15, -0.1) is 0 Å². The fraction of sp³-hybridized carbons (Fsp3) is 0.625. The third-order valence-electron chi connectivity index (χ3n) is 2.07. The number of nitrogens with one attached hydrogen (secondary N) is 1. The molecular weight excluding hydrogens is 170 g/mol. The Hall–Kier alpha value is -0.610. The number of hydrogen-bond acceptors (Lipinski definition) is 2. The number of nitrogens with zero attached hydrogens (tertiary/aromatic N) is 1. The van der Waals surface area contributed by atoms with Crippen molar-refractivity contribution in [2.75, 3.05) is 6.54 Å². The van der Waals surface area contributed by atoms with Crippen LogP contribution in [-0.4, -0.2) is 16.1 Å². The quantitative estimate of drug-likeness (QED) is 0.701. The van der Waals surface area contributed by atoms with Crippen LogP contribution in [0.2, 0.25) is 0 Å². The molecule has 0 atom stereocenters. The Labute approximate surface area is 77.6 Å². The molecule has 0 aliphatic heterocycles. The molecule has 0 unspecified atom stereocenters. The number of imidazole rings is 1. The number of rotatable bonds is 3. The van der Waals surface area contributed by atoms with E-state index in [1.165, 1.54) is 5.69 Å². The zero-order chi connectivity index (χ0) is 9.14. The Kier molecular flexibility index (Phi) is 3.05. The predicted molar refractivity (Wildman–Crippen MR) is 52.8 cm³/mol. The number of hydrogen-bond donors (Lipinski definition) is 2. The molecule has 0 radical (unpaired) electrons. The van der Waals surface area contributed by atoms with E-state index in [1.54, 1.807) is 0 Å². The van der Waals surface area contributed by atoms with E-state index in [1.807, 2.05) is 6.92 Å². The van der Waals surface area contributed by atoms with E-state index in [9.17, 15) is 0 Å². The predicted octanol–water partition coefficient (Wildman–Crippen LogP) is 1.51. The van der Waals surface area contributed by atoms with Crippen molar-refractivity contribution >= 4 is 12.2 Å². The maximum absolute atomic E-state index is 5.43. The molecule has 0 saturated heterocycles. The van der Waals surface area contributed by atoms with Crippen LogP contribution in [0.5, 0.6) is 0 Å². The monoisotopic (exact) mass is 185 g/mol. The van der Waals surface area contributed by atoms with Crippen molar-refractivity contribution in [2.24, 2.45) is 5.73 Å². The van der Waals surface area contributed by atoms with Crippen LogP contribution in [0.4, 0.5) is 0 Å². The van der Waals surface area contributed by atoms with Gasteiger partial charge in [0.05, 0.1) is 0 Å². The molecule has 68 valence electrons. The topological polar surface area (TPSA) is 46.7 Å². The highest BCUT2D eigenvalue weighted by atomic mass is 32.1. The summed E-state index contributed by atoms with van der Waals surface area (Å²) in [6, 6.07) is 0. The summed E-state index contributed by atoms with van der Waals surface area (Å²) >= 11 is 5.14. The first-order valence-electron chi connectivity index (χ1n) is 4.13. The Morgan fingerprint density at radius 3 is 2.58 bits per heavy atom. The first-order chi connectivity index (χ1) is 5.66. The third-order valence-corrected chi connectivity index (χ3v) is 2.40. The summed E-state index contributed by atoms with van der Waals surface area (Å²) in [7, 11) is 0. The molecule has 1 heterocycles. The van der Waals surface area contributed by atoms with E-state index in [0.717, 1.165) is 23.4 Å². The SMILES string of the molecule is Cc1[nH]c(=S)n(CCCN)c1C. The maximum atomic E-state index is 5.43. The summed E-state index contributed by atoms with van der Waals surface area (Å²) in [5.41, 5.74) is 7.79. The van der Waals surface area contributed by atoms with E-state index in [2.05, 4.69) is 16.5 Å². The normalized spacial score (nSPS) is 10.6. The molecule has 3 nitrogen and oxygen atoms in total. The minimum atomic E-state index is 0.714. The van der Waals surface area contributed by atoms with Crippen LogP contribution in [0.25, 0.3) is 0 Å². The molecule has 12 heavy (non-hydrogen) atoms. The summed E-state index contributed by atoms with van der Waals surface area (Å²) in [6.07, 6.45) is 0.979. The lowest BCUT2D eigenvalue weighted by atomic mass is 10.3. The van der Waals surface area contributed by atoms with Crippen molar-refractivity contribution in [3.63, 3.8) is 0 Å². The lowest BCUT2D eigenvalue weighted by Gasteiger charge is -2.03. The molecule has 0 spiro atoms. The zero-order valence-electron chi connectivity index (χ0n) is 7.55. The lowest BCUT2D eigenvalue weighted by molar-refractivity contribution is 0.629. The van der Waals surface area contributed by atoms with Crippen molar-refractivity contribution in [3.8, 4) is 0 Å². The Bertz CT molecular complexity index is 311. The summed E-state index contributed by atoms with van der Waals surface area (Å²) < 4.78 is 2.90. The van der Waals surface area contributed by atoms with E-state index in [4.69, 9.17) is 18.0 Å². The average Bonchev–Trinajstić information content (AvgIpc) is 2.25. The summed E-state index contributed by atoms with van der Waals surface area (Å²) in [4.78, 5) is 3.12. The number of aromatic amines is 1. The van der Waals surface area contributed by atoms with Gasteiger partial charge < -0.3 is 15.3 Å². The minimum absolute atomic E-state index is 0.714. The second-order valence-electron chi connectivity index (χ2n) is 2.93. The van der Waals surface area contributed by atoms with E-state index < -0.39 is 0 Å². The molecule has 0 bridgehead atoms. The van der Waals surface area contributed by atoms with Gasteiger partial charge in [0, 0.05) is 17.9 Å². The van der Waals surface area contributed by atoms with E-state index in [0.29, 0.717) is 6.54 Å². The fourth-order valence-electron chi connectivity index (χ4n) is 1.19. The standard InChI is InChI=1S/C8H15N3S/c1-6-7(2)11(5-3-4-9)8(12)10-6/h3-5,9H2,1-2H3,(H,10,12). The molecule has 0 amide bonds. The third kappa shape index (κ3) is 1.76. The molecule has 1 rings (SSSR count).